The third-order valence-corrected chi connectivity index (χ3v) is 3.62. The van der Waals surface area contributed by atoms with Crippen molar-refractivity contribution in [2.45, 2.75) is 32.6 Å². The maximum Gasteiger partial charge on any atom is 0.143 e. The molecule has 1 aromatic rings. The molecule has 0 atom stereocenters. The smallest absolute Gasteiger partial charge is 0.143 e. The predicted octanol–water partition coefficient (Wildman–Crippen LogP) is 3.69. The maximum atomic E-state index is 13.4. The Morgan fingerprint density at radius 2 is 2.12 bits per heavy atom. The van der Waals surface area contributed by atoms with E-state index in [-0.39, 0.29) is 5.56 Å². The summed E-state index contributed by atoms with van der Waals surface area (Å²) in [5.41, 5.74) is 1.20. The van der Waals surface area contributed by atoms with Crippen LogP contribution >= 0.6 is 0 Å². The van der Waals surface area contributed by atoms with Crippen LogP contribution in [-0.2, 0) is 0 Å². The second-order valence-corrected chi connectivity index (χ2v) is 5.18. The summed E-state index contributed by atoms with van der Waals surface area (Å²) in [4.78, 5) is 0. The van der Waals surface area contributed by atoms with E-state index < -0.39 is 5.82 Å². The van der Waals surface area contributed by atoms with Crippen molar-refractivity contribution in [3.8, 4) is 6.07 Å². The van der Waals surface area contributed by atoms with E-state index in [4.69, 9.17) is 5.26 Å². The van der Waals surface area contributed by atoms with Crippen molar-refractivity contribution >= 4 is 5.69 Å². The first-order chi connectivity index (χ1) is 8.13. The second-order valence-electron chi connectivity index (χ2n) is 5.18. The molecule has 2 nitrogen and oxygen atoms in total. The molecule has 0 radical (unpaired) electrons. The molecule has 0 aliphatic heterocycles. The molecule has 1 N–H and O–H groups in total. The van der Waals surface area contributed by atoms with Gasteiger partial charge in [-0.1, -0.05) is 19.8 Å². The van der Waals surface area contributed by atoms with E-state index in [0.717, 1.165) is 12.2 Å². The van der Waals surface area contributed by atoms with E-state index in [9.17, 15) is 4.39 Å². The Morgan fingerprint density at radius 1 is 1.41 bits per heavy atom. The molecule has 0 saturated heterocycles. The summed E-state index contributed by atoms with van der Waals surface area (Å²) in [5, 5.41) is 11.9. The summed E-state index contributed by atoms with van der Waals surface area (Å²) >= 11 is 0. The monoisotopic (exact) mass is 232 g/mol. The number of hydrogen-bond acceptors (Lipinski definition) is 2. The van der Waals surface area contributed by atoms with Crippen molar-refractivity contribution in [3.05, 3.63) is 29.6 Å². The van der Waals surface area contributed by atoms with E-state index in [0.29, 0.717) is 5.41 Å². The molecular formula is C14H17FN2. The number of rotatable bonds is 3. The average molecular weight is 232 g/mol. The standard InChI is InChI=1S/C14H17FN2/c1-14(6-2-3-7-14)10-17-12-5-4-11(9-16)13(15)8-12/h4-5,8,17H,2-3,6-7,10H2,1H3. The lowest BCUT2D eigenvalue weighted by atomic mass is 9.89. The molecule has 0 bridgehead atoms. The highest BCUT2D eigenvalue weighted by Gasteiger charge is 2.28. The summed E-state index contributed by atoms with van der Waals surface area (Å²) in [5.74, 6) is -0.450. The van der Waals surface area contributed by atoms with E-state index in [1.807, 2.05) is 6.07 Å². The van der Waals surface area contributed by atoms with Gasteiger partial charge in [0.05, 0.1) is 5.56 Å². The molecule has 17 heavy (non-hydrogen) atoms. The highest BCUT2D eigenvalue weighted by Crippen LogP contribution is 2.37. The largest absolute Gasteiger partial charge is 0.384 e. The normalized spacial score (nSPS) is 17.7. The first kappa shape index (κ1) is 11.9. The third-order valence-electron chi connectivity index (χ3n) is 3.62. The molecule has 1 saturated carbocycles. The van der Waals surface area contributed by atoms with Crippen molar-refractivity contribution in [3.63, 3.8) is 0 Å². The Morgan fingerprint density at radius 3 is 2.71 bits per heavy atom. The molecule has 1 aromatic carbocycles. The van der Waals surface area contributed by atoms with Gasteiger partial charge in [0.15, 0.2) is 0 Å². The van der Waals surface area contributed by atoms with Crippen molar-refractivity contribution in [1.29, 1.82) is 5.26 Å². The van der Waals surface area contributed by atoms with Crippen LogP contribution in [0.3, 0.4) is 0 Å². The van der Waals surface area contributed by atoms with Crippen LogP contribution < -0.4 is 5.32 Å². The number of nitrogens with zero attached hydrogens (tertiary/aromatic N) is 1. The van der Waals surface area contributed by atoms with Crippen LogP contribution in [0.2, 0.25) is 0 Å². The molecule has 0 amide bonds. The fourth-order valence-electron chi connectivity index (χ4n) is 2.44. The van der Waals surface area contributed by atoms with Crippen LogP contribution in [-0.4, -0.2) is 6.54 Å². The van der Waals surface area contributed by atoms with E-state index >= 15 is 0 Å². The van der Waals surface area contributed by atoms with Gasteiger partial charge >= 0.3 is 0 Å². The Labute approximate surface area is 101 Å². The lowest BCUT2D eigenvalue weighted by molar-refractivity contribution is 0.362. The number of halogens is 1. The summed E-state index contributed by atoms with van der Waals surface area (Å²) in [6, 6.07) is 6.51. The number of benzene rings is 1. The van der Waals surface area contributed by atoms with Crippen molar-refractivity contribution < 1.29 is 4.39 Å². The molecule has 0 heterocycles. The zero-order chi connectivity index (χ0) is 12.3. The highest BCUT2D eigenvalue weighted by atomic mass is 19.1. The van der Waals surface area contributed by atoms with Crippen molar-refractivity contribution in [2.24, 2.45) is 5.41 Å². The fourth-order valence-corrected chi connectivity index (χ4v) is 2.44. The molecule has 0 spiro atoms. The fraction of sp³-hybridized carbons (Fsp3) is 0.500. The van der Waals surface area contributed by atoms with Crippen LogP contribution in [0.25, 0.3) is 0 Å². The summed E-state index contributed by atoms with van der Waals surface area (Å²) < 4.78 is 13.4. The molecule has 1 aliphatic rings. The minimum Gasteiger partial charge on any atom is -0.384 e. The number of nitrogens with one attached hydrogen (secondary N) is 1. The summed E-state index contributed by atoms with van der Waals surface area (Å²) in [6.45, 7) is 3.14. The first-order valence-corrected chi connectivity index (χ1v) is 6.06. The molecular weight excluding hydrogens is 215 g/mol. The molecule has 2 rings (SSSR count). The van der Waals surface area contributed by atoms with Gasteiger partial charge in [-0.05, 0) is 36.5 Å². The van der Waals surface area contributed by atoms with Gasteiger partial charge in [0.25, 0.3) is 0 Å². The Balaban J connectivity index is 2.00. The van der Waals surface area contributed by atoms with Gasteiger partial charge in [-0.2, -0.15) is 5.26 Å². The van der Waals surface area contributed by atoms with Crippen molar-refractivity contribution in [1.82, 2.24) is 0 Å². The van der Waals surface area contributed by atoms with E-state index in [1.54, 1.807) is 6.07 Å². The van der Waals surface area contributed by atoms with Crippen LogP contribution in [0.4, 0.5) is 10.1 Å². The van der Waals surface area contributed by atoms with Crippen LogP contribution in [0, 0.1) is 22.6 Å². The van der Waals surface area contributed by atoms with Gasteiger partial charge in [0.2, 0.25) is 0 Å². The Bertz CT molecular complexity index is 442. The predicted molar refractivity (Wildman–Crippen MR) is 66.2 cm³/mol. The van der Waals surface area contributed by atoms with Gasteiger partial charge in [0.1, 0.15) is 11.9 Å². The van der Waals surface area contributed by atoms with E-state index in [1.165, 1.54) is 37.8 Å². The van der Waals surface area contributed by atoms with Gasteiger partial charge in [0, 0.05) is 12.2 Å². The number of nitriles is 1. The van der Waals surface area contributed by atoms with Gasteiger partial charge < -0.3 is 5.32 Å². The Hall–Kier alpha value is -1.56. The van der Waals surface area contributed by atoms with Crippen molar-refractivity contribution in [2.75, 3.05) is 11.9 Å². The number of hydrogen-bond donors (Lipinski definition) is 1. The SMILES string of the molecule is CC1(CNc2ccc(C#N)c(F)c2)CCCC1. The lowest BCUT2D eigenvalue weighted by Crippen LogP contribution is -2.22. The molecule has 3 heteroatoms. The maximum absolute atomic E-state index is 13.4. The molecule has 1 fully saturated rings. The zero-order valence-electron chi connectivity index (χ0n) is 10.1. The molecule has 0 unspecified atom stereocenters. The average Bonchev–Trinajstić information content (AvgIpc) is 2.74. The third kappa shape index (κ3) is 2.76. The van der Waals surface area contributed by atoms with Crippen LogP contribution in [0.5, 0.6) is 0 Å². The number of anilines is 1. The van der Waals surface area contributed by atoms with E-state index in [2.05, 4.69) is 12.2 Å². The molecule has 90 valence electrons. The van der Waals surface area contributed by atoms with Gasteiger partial charge in [-0.3, -0.25) is 0 Å². The Kier molecular flexibility index (Phi) is 3.33. The first-order valence-electron chi connectivity index (χ1n) is 6.06. The summed E-state index contributed by atoms with van der Waals surface area (Å²) in [7, 11) is 0. The zero-order valence-corrected chi connectivity index (χ0v) is 10.1. The highest BCUT2D eigenvalue weighted by molar-refractivity contribution is 5.48. The van der Waals surface area contributed by atoms with Gasteiger partial charge in [-0.25, -0.2) is 4.39 Å². The molecule has 1 aliphatic carbocycles. The summed E-state index contributed by atoms with van der Waals surface area (Å²) in [6.07, 6.45) is 5.05. The second kappa shape index (κ2) is 4.75. The van der Waals surface area contributed by atoms with Gasteiger partial charge in [-0.15, -0.1) is 0 Å². The topological polar surface area (TPSA) is 35.8 Å². The van der Waals surface area contributed by atoms with Crippen LogP contribution in [0.15, 0.2) is 18.2 Å². The van der Waals surface area contributed by atoms with Crippen LogP contribution in [0.1, 0.15) is 38.2 Å². The molecule has 0 aromatic heterocycles. The minimum absolute atomic E-state index is 0.0997. The minimum atomic E-state index is -0.450. The lowest BCUT2D eigenvalue weighted by Gasteiger charge is -2.24. The quantitative estimate of drug-likeness (QED) is 0.862.